The Balaban J connectivity index is 2.83. The van der Waals surface area contributed by atoms with E-state index < -0.39 is 0 Å². The van der Waals surface area contributed by atoms with Crippen LogP contribution in [0.25, 0.3) is 11.0 Å². The molecule has 0 atom stereocenters. The van der Waals surface area contributed by atoms with Gasteiger partial charge >= 0.3 is 0 Å². The Morgan fingerprint density at radius 1 is 1.18 bits per heavy atom. The van der Waals surface area contributed by atoms with E-state index in [4.69, 9.17) is 0 Å². The minimum Gasteiger partial charge on any atom is -0.262 e. The Morgan fingerprint density at radius 3 is 3.00 bits per heavy atom. The lowest BCUT2D eigenvalue weighted by Crippen LogP contribution is -1.86. The first-order valence-corrected chi connectivity index (χ1v) is 4.16. The van der Waals surface area contributed by atoms with E-state index in [1.165, 1.54) is 0 Å². The lowest BCUT2D eigenvalue weighted by Gasteiger charge is -1.93. The van der Waals surface area contributed by atoms with Gasteiger partial charge in [-0.15, -0.1) is 0 Å². The number of fused-ring (bicyclic) bond motifs is 1. The molecule has 0 bridgehead atoms. The molecule has 3 nitrogen and oxygen atoms in total. The van der Waals surface area contributed by atoms with Gasteiger partial charge in [0, 0.05) is 6.20 Å². The molecule has 0 fully saturated rings. The molecule has 0 radical (unpaired) electrons. The predicted molar refractivity (Wildman–Crippen MR) is 50.1 cm³/mol. The van der Waals surface area contributed by atoms with Crippen molar-refractivity contribution in [3.05, 3.63) is 28.4 Å². The van der Waals surface area contributed by atoms with Crippen LogP contribution in [0.4, 0.5) is 0 Å². The smallest absolute Gasteiger partial charge is 0.120 e. The summed E-state index contributed by atoms with van der Waals surface area (Å²) in [6.45, 7) is 0. The second-order valence-electron chi connectivity index (χ2n) is 2.06. The monoisotopic (exact) mass is 257 g/mol. The predicted octanol–water partition coefficient (Wildman–Crippen LogP) is 1.63. The van der Waals surface area contributed by atoms with E-state index in [1.54, 1.807) is 18.6 Å². The average Bonchev–Trinajstić information content (AvgIpc) is 2.04. The van der Waals surface area contributed by atoms with Gasteiger partial charge in [0.1, 0.15) is 9.22 Å². The molecular weight excluding hydrogens is 253 g/mol. The molecule has 0 spiro atoms. The van der Waals surface area contributed by atoms with Gasteiger partial charge in [-0.05, 0) is 28.7 Å². The number of nitrogens with zero attached hydrogens (tertiary/aromatic N) is 3. The molecule has 0 N–H and O–H groups in total. The highest BCUT2D eigenvalue weighted by Crippen LogP contribution is 2.07. The second kappa shape index (κ2) is 2.69. The van der Waals surface area contributed by atoms with Crippen molar-refractivity contribution in [1.82, 2.24) is 15.0 Å². The van der Waals surface area contributed by atoms with Crippen molar-refractivity contribution in [3.63, 3.8) is 0 Å². The van der Waals surface area contributed by atoms with Crippen LogP contribution in [0.15, 0.2) is 24.7 Å². The van der Waals surface area contributed by atoms with Gasteiger partial charge in [-0.2, -0.15) is 0 Å². The third-order valence-corrected chi connectivity index (χ3v) is 1.83. The fourth-order valence-corrected chi connectivity index (χ4v) is 1.24. The van der Waals surface area contributed by atoms with E-state index >= 15 is 0 Å². The summed E-state index contributed by atoms with van der Waals surface area (Å²) in [4.78, 5) is 12.4. The van der Waals surface area contributed by atoms with Crippen LogP contribution in [-0.2, 0) is 0 Å². The molecule has 4 heteroatoms. The molecule has 0 amide bonds. The zero-order chi connectivity index (χ0) is 7.68. The molecule has 0 aliphatic carbocycles. The van der Waals surface area contributed by atoms with Crippen LogP contribution >= 0.6 is 22.6 Å². The van der Waals surface area contributed by atoms with Gasteiger partial charge in [-0.1, -0.05) is 0 Å². The lowest BCUT2D eigenvalue weighted by molar-refractivity contribution is 1.21. The Kier molecular flexibility index (Phi) is 1.69. The fourth-order valence-electron chi connectivity index (χ4n) is 0.841. The summed E-state index contributed by atoms with van der Waals surface area (Å²) in [5.41, 5.74) is 1.74. The van der Waals surface area contributed by atoms with E-state index in [0.29, 0.717) is 0 Å². The molecule has 2 rings (SSSR count). The van der Waals surface area contributed by atoms with Crippen molar-refractivity contribution in [2.24, 2.45) is 0 Å². The summed E-state index contributed by atoms with van der Waals surface area (Å²) < 4.78 is 0.892. The van der Waals surface area contributed by atoms with Crippen LogP contribution < -0.4 is 0 Å². The summed E-state index contributed by atoms with van der Waals surface area (Å²) in [6, 6.07) is 1.85. The van der Waals surface area contributed by atoms with Gasteiger partial charge in [0.25, 0.3) is 0 Å². The number of aromatic nitrogens is 3. The largest absolute Gasteiger partial charge is 0.262 e. The van der Waals surface area contributed by atoms with Crippen molar-refractivity contribution >= 4 is 33.6 Å². The van der Waals surface area contributed by atoms with E-state index in [-0.39, 0.29) is 0 Å². The minimum atomic E-state index is 0.847. The lowest BCUT2D eigenvalue weighted by atomic mass is 10.4. The molecule has 54 valence electrons. The minimum absolute atomic E-state index is 0.847. The number of rotatable bonds is 0. The van der Waals surface area contributed by atoms with Gasteiger partial charge in [0.05, 0.1) is 17.9 Å². The first-order valence-electron chi connectivity index (χ1n) is 3.08. The van der Waals surface area contributed by atoms with Gasteiger partial charge in [0.15, 0.2) is 0 Å². The van der Waals surface area contributed by atoms with Gasteiger partial charge in [0.2, 0.25) is 0 Å². The number of pyridine rings is 1. The first-order chi connectivity index (χ1) is 5.36. The van der Waals surface area contributed by atoms with Crippen LogP contribution in [-0.4, -0.2) is 15.0 Å². The quantitative estimate of drug-likeness (QED) is 0.673. The van der Waals surface area contributed by atoms with Crippen LogP contribution in [0.1, 0.15) is 0 Å². The molecule has 2 aromatic heterocycles. The van der Waals surface area contributed by atoms with Crippen molar-refractivity contribution in [2.45, 2.75) is 0 Å². The van der Waals surface area contributed by atoms with Crippen molar-refractivity contribution in [2.75, 3.05) is 0 Å². The summed E-state index contributed by atoms with van der Waals surface area (Å²) in [7, 11) is 0. The third kappa shape index (κ3) is 1.30. The Bertz CT molecular complexity index is 388. The van der Waals surface area contributed by atoms with E-state index in [0.717, 1.165) is 14.7 Å². The third-order valence-electron chi connectivity index (χ3n) is 1.32. The SMILES string of the molecule is Ic1cnc2ccncc2n1. The maximum absolute atomic E-state index is 4.24. The van der Waals surface area contributed by atoms with Crippen LogP contribution in [0, 0.1) is 3.70 Å². The molecule has 0 saturated heterocycles. The maximum atomic E-state index is 4.24. The Hall–Kier alpha value is -0.780. The summed E-state index contributed by atoms with van der Waals surface area (Å²) in [6.07, 6.45) is 5.16. The molecule has 11 heavy (non-hydrogen) atoms. The molecule has 2 heterocycles. The van der Waals surface area contributed by atoms with E-state index in [2.05, 4.69) is 37.5 Å². The summed E-state index contributed by atoms with van der Waals surface area (Å²) >= 11 is 2.13. The zero-order valence-corrected chi connectivity index (χ0v) is 7.69. The highest BCUT2D eigenvalue weighted by atomic mass is 127. The molecule has 0 saturated carbocycles. The number of halogens is 1. The van der Waals surface area contributed by atoms with E-state index in [1.807, 2.05) is 6.07 Å². The normalized spacial score (nSPS) is 10.3. The standard InChI is InChI=1S/C7H4IN3/c8-7-4-10-5-1-2-9-3-6(5)11-7/h1-4H. The molecule has 0 aromatic carbocycles. The van der Waals surface area contributed by atoms with Gasteiger partial charge in [-0.3, -0.25) is 9.97 Å². The average molecular weight is 257 g/mol. The van der Waals surface area contributed by atoms with Crippen LogP contribution in [0.2, 0.25) is 0 Å². The fraction of sp³-hybridized carbons (Fsp3) is 0. The van der Waals surface area contributed by atoms with Crippen LogP contribution in [0.5, 0.6) is 0 Å². The van der Waals surface area contributed by atoms with Crippen molar-refractivity contribution in [1.29, 1.82) is 0 Å². The molecule has 0 aliphatic rings. The second-order valence-corrected chi connectivity index (χ2v) is 3.16. The highest BCUT2D eigenvalue weighted by molar-refractivity contribution is 14.1. The Labute approximate surface area is 77.0 Å². The molecule has 0 unspecified atom stereocenters. The van der Waals surface area contributed by atoms with Crippen molar-refractivity contribution < 1.29 is 0 Å². The number of hydrogen-bond donors (Lipinski definition) is 0. The molecular formula is C7H4IN3. The zero-order valence-electron chi connectivity index (χ0n) is 5.53. The van der Waals surface area contributed by atoms with Gasteiger partial charge < -0.3 is 0 Å². The van der Waals surface area contributed by atoms with E-state index in [9.17, 15) is 0 Å². The summed E-state index contributed by atoms with van der Waals surface area (Å²) in [5.74, 6) is 0. The van der Waals surface area contributed by atoms with Crippen LogP contribution in [0.3, 0.4) is 0 Å². The van der Waals surface area contributed by atoms with Crippen molar-refractivity contribution in [3.8, 4) is 0 Å². The van der Waals surface area contributed by atoms with Gasteiger partial charge in [-0.25, -0.2) is 4.98 Å². The maximum Gasteiger partial charge on any atom is 0.120 e. The Morgan fingerprint density at radius 2 is 2.09 bits per heavy atom. The molecule has 0 aliphatic heterocycles. The number of hydrogen-bond acceptors (Lipinski definition) is 3. The summed E-state index contributed by atoms with van der Waals surface area (Å²) in [5, 5.41) is 0. The topological polar surface area (TPSA) is 38.7 Å². The molecule has 2 aromatic rings. The highest BCUT2D eigenvalue weighted by Gasteiger charge is 1.94. The first kappa shape index (κ1) is 6.90.